The molecule has 0 radical (unpaired) electrons. The minimum atomic E-state index is -0.223. The van der Waals surface area contributed by atoms with E-state index in [0.717, 1.165) is 25.2 Å². The van der Waals surface area contributed by atoms with E-state index >= 15 is 0 Å². The largest absolute Gasteiger partial charge is 0.391 e. The van der Waals surface area contributed by atoms with E-state index in [1.165, 1.54) is 11.1 Å². The summed E-state index contributed by atoms with van der Waals surface area (Å²) in [5.41, 5.74) is 3.57. The lowest BCUT2D eigenvalue weighted by atomic mass is 10.0. The lowest BCUT2D eigenvalue weighted by molar-refractivity contribution is 0.146. The number of hydrogen-bond donors (Lipinski definition) is 3. The number of aromatic nitrogens is 1. The van der Waals surface area contributed by atoms with Crippen molar-refractivity contribution in [3.63, 3.8) is 0 Å². The molecular weight excluding hydrogens is 262 g/mol. The number of aliphatic hydroxyl groups excluding tert-OH is 1. The Balaban J connectivity index is 1.59. The number of rotatable bonds is 5. The summed E-state index contributed by atoms with van der Waals surface area (Å²) < 4.78 is 0. The second-order valence-corrected chi connectivity index (χ2v) is 5.56. The first-order valence-corrected chi connectivity index (χ1v) is 7.42. The van der Waals surface area contributed by atoms with Crippen molar-refractivity contribution in [2.24, 2.45) is 5.92 Å². The first kappa shape index (κ1) is 14.2. The second kappa shape index (κ2) is 6.80. The number of hydrogen-bond acceptors (Lipinski definition) is 4. The summed E-state index contributed by atoms with van der Waals surface area (Å²) in [7, 11) is 0. The molecule has 2 heterocycles. The average Bonchev–Trinajstić information content (AvgIpc) is 2.94. The number of nitrogens with zero attached hydrogens (tertiary/aromatic N) is 1. The van der Waals surface area contributed by atoms with Crippen molar-refractivity contribution in [1.29, 1.82) is 0 Å². The SMILES string of the molecule is OC1CNCC1CNCc1cccc(-c2cccnc2)c1. The molecule has 4 nitrogen and oxygen atoms in total. The fourth-order valence-corrected chi connectivity index (χ4v) is 2.72. The zero-order valence-corrected chi connectivity index (χ0v) is 12.0. The molecule has 1 saturated heterocycles. The molecule has 2 unspecified atom stereocenters. The van der Waals surface area contributed by atoms with Gasteiger partial charge in [0.05, 0.1) is 6.10 Å². The number of aliphatic hydroxyl groups is 1. The summed E-state index contributed by atoms with van der Waals surface area (Å²) in [5.74, 6) is 0.312. The Kier molecular flexibility index (Phi) is 4.60. The van der Waals surface area contributed by atoms with Gasteiger partial charge in [0, 0.05) is 44.5 Å². The van der Waals surface area contributed by atoms with Crippen LogP contribution in [0.1, 0.15) is 5.56 Å². The van der Waals surface area contributed by atoms with Crippen LogP contribution in [-0.4, -0.2) is 35.8 Å². The maximum atomic E-state index is 9.77. The van der Waals surface area contributed by atoms with Crippen LogP contribution in [0.15, 0.2) is 48.8 Å². The summed E-state index contributed by atoms with van der Waals surface area (Å²) in [6.07, 6.45) is 3.45. The van der Waals surface area contributed by atoms with Crippen molar-refractivity contribution in [3.05, 3.63) is 54.4 Å². The highest BCUT2D eigenvalue weighted by atomic mass is 16.3. The number of β-amino-alcohol motifs (C(OH)–C–C–N with tert-alkyl or cyclic N) is 1. The molecule has 110 valence electrons. The normalized spacial score (nSPS) is 21.6. The van der Waals surface area contributed by atoms with Gasteiger partial charge in [-0.05, 0) is 28.8 Å². The Bertz CT molecular complexity index is 573. The highest BCUT2D eigenvalue weighted by Crippen LogP contribution is 2.19. The van der Waals surface area contributed by atoms with Crippen molar-refractivity contribution in [1.82, 2.24) is 15.6 Å². The van der Waals surface area contributed by atoms with Crippen LogP contribution in [0.3, 0.4) is 0 Å². The predicted octanol–water partition coefficient (Wildman–Crippen LogP) is 1.42. The van der Waals surface area contributed by atoms with Gasteiger partial charge in [0.2, 0.25) is 0 Å². The van der Waals surface area contributed by atoms with Gasteiger partial charge in [-0.1, -0.05) is 24.3 Å². The fraction of sp³-hybridized carbons (Fsp3) is 0.353. The molecular formula is C17H21N3O. The van der Waals surface area contributed by atoms with Crippen LogP contribution < -0.4 is 10.6 Å². The molecule has 1 aliphatic heterocycles. The van der Waals surface area contributed by atoms with E-state index in [0.29, 0.717) is 12.5 Å². The number of pyridine rings is 1. The molecule has 1 fully saturated rings. The van der Waals surface area contributed by atoms with Crippen molar-refractivity contribution in [2.75, 3.05) is 19.6 Å². The predicted molar refractivity (Wildman–Crippen MR) is 83.7 cm³/mol. The number of nitrogens with one attached hydrogen (secondary N) is 2. The van der Waals surface area contributed by atoms with Gasteiger partial charge in [-0.15, -0.1) is 0 Å². The third-order valence-electron chi connectivity index (χ3n) is 3.96. The molecule has 0 aliphatic carbocycles. The van der Waals surface area contributed by atoms with Gasteiger partial charge >= 0.3 is 0 Å². The zero-order chi connectivity index (χ0) is 14.5. The van der Waals surface area contributed by atoms with Crippen LogP contribution in [0.25, 0.3) is 11.1 Å². The molecule has 2 atom stereocenters. The Labute approximate surface area is 125 Å². The highest BCUT2D eigenvalue weighted by Gasteiger charge is 2.23. The maximum absolute atomic E-state index is 9.77. The van der Waals surface area contributed by atoms with E-state index < -0.39 is 0 Å². The summed E-state index contributed by atoms with van der Waals surface area (Å²) in [6.45, 7) is 3.26. The van der Waals surface area contributed by atoms with Crippen LogP contribution in [0.4, 0.5) is 0 Å². The van der Waals surface area contributed by atoms with Gasteiger partial charge in [0.15, 0.2) is 0 Å². The van der Waals surface area contributed by atoms with Gasteiger partial charge < -0.3 is 15.7 Å². The van der Waals surface area contributed by atoms with E-state index in [-0.39, 0.29) is 6.10 Å². The average molecular weight is 283 g/mol. The molecule has 0 amide bonds. The summed E-state index contributed by atoms with van der Waals surface area (Å²) >= 11 is 0. The molecule has 1 aliphatic rings. The molecule has 1 aromatic carbocycles. The van der Waals surface area contributed by atoms with Crippen LogP contribution in [0.5, 0.6) is 0 Å². The Morgan fingerprint density at radius 3 is 2.86 bits per heavy atom. The van der Waals surface area contributed by atoms with Crippen LogP contribution in [0.2, 0.25) is 0 Å². The lowest BCUT2D eigenvalue weighted by Crippen LogP contribution is -2.30. The first-order chi connectivity index (χ1) is 10.3. The monoisotopic (exact) mass is 283 g/mol. The molecule has 3 N–H and O–H groups in total. The minimum Gasteiger partial charge on any atom is -0.391 e. The Hall–Kier alpha value is -1.75. The van der Waals surface area contributed by atoms with E-state index in [9.17, 15) is 5.11 Å². The van der Waals surface area contributed by atoms with Gasteiger partial charge in [-0.2, -0.15) is 0 Å². The minimum absolute atomic E-state index is 0.223. The molecule has 3 rings (SSSR count). The quantitative estimate of drug-likeness (QED) is 0.777. The Morgan fingerprint density at radius 2 is 2.10 bits per heavy atom. The van der Waals surface area contributed by atoms with Crippen molar-refractivity contribution in [3.8, 4) is 11.1 Å². The molecule has 0 saturated carbocycles. The fourth-order valence-electron chi connectivity index (χ4n) is 2.72. The standard InChI is InChI=1S/C17H21N3O/c21-17-12-20-11-16(17)10-19-8-13-3-1-4-14(7-13)15-5-2-6-18-9-15/h1-7,9,16-17,19-21H,8,10-12H2. The molecule has 21 heavy (non-hydrogen) atoms. The third-order valence-corrected chi connectivity index (χ3v) is 3.96. The van der Waals surface area contributed by atoms with Crippen LogP contribution >= 0.6 is 0 Å². The van der Waals surface area contributed by atoms with E-state index in [1.54, 1.807) is 6.20 Å². The van der Waals surface area contributed by atoms with Crippen LogP contribution in [0, 0.1) is 5.92 Å². The second-order valence-electron chi connectivity index (χ2n) is 5.56. The van der Waals surface area contributed by atoms with Crippen molar-refractivity contribution in [2.45, 2.75) is 12.6 Å². The van der Waals surface area contributed by atoms with E-state index in [1.807, 2.05) is 12.3 Å². The van der Waals surface area contributed by atoms with Crippen molar-refractivity contribution >= 4 is 0 Å². The highest BCUT2D eigenvalue weighted by molar-refractivity contribution is 5.62. The summed E-state index contributed by atoms with van der Waals surface area (Å²) in [5, 5.41) is 16.4. The Morgan fingerprint density at radius 1 is 1.19 bits per heavy atom. The zero-order valence-electron chi connectivity index (χ0n) is 12.0. The topological polar surface area (TPSA) is 57.2 Å². The number of benzene rings is 1. The van der Waals surface area contributed by atoms with Gasteiger partial charge in [0.1, 0.15) is 0 Å². The first-order valence-electron chi connectivity index (χ1n) is 7.42. The smallest absolute Gasteiger partial charge is 0.0716 e. The maximum Gasteiger partial charge on any atom is 0.0716 e. The summed E-state index contributed by atoms with van der Waals surface area (Å²) in [4.78, 5) is 4.16. The van der Waals surface area contributed by atoms with Gasteiger partial charge in [0.25, 0.3) is 0 Å². The molecule has 1 aromatic heterocycles. The van der Waals surface area contributed by atoms with Gasteiger partial charge in [-0.3, -0.25) is 4.98 Å². The summed E-state index contributed by atoms with van der Waals surface area (Å²) in [6, 6.07) is 12.5. The third kappa shape index (κ3) is 3.67. The lowest BCUT2D eigenvalue weighted by Gasteiger charge is -2.14. The van der Waals surface area contributed by atoms with Crippen molar-refractivity contribution < 1.29 is 5.11 Å². The van der Waals surface area contributed by atoms with E-state index in [2.05, 4.69) is 45.9 Å². The van der Waals surface area contributed by atoms with E-state index in [4.69, 9.17) is 0 Å². The molecule has 2 aromatic rings. The van der Waals surface area contributed by atoms with Gasteiger partial charge in [-0.25, -0.2) is 0 Å². The molecule has 0 spiro atoms. The molecule has 0 bridgehead atoms. The molecule has 4 heteroatoms. The van der Waals surface area contributed by atoms with Crippen LogP contribution in [-0.2, 0) is 6.54 Å².